The van der Waals surface area contributed by atoms with E-state index in [2.05, 4.69) is 48.9 Å². The van der Waals surface area contributed by atoms with Gasteiger partial charge in [0.1, 0.15) is 5.82 Å². The molecule has 3 heteroatoms. The minimum atomic E-state index is 0.00953. The van der Waals surface area contributed by atoms with Crippen LogP contribution in [0.5, 0.6) is 0 Å². The zero-order valence-electron chi connectivity index (χ0n) is 11.3. The number of hydrogen-bond acceptors (Lipinski definition) is 2. The molecule has 0 amide bonds. The Balaban J connectivity index is 2.26. The number of nitrogens with one attached hydrogen (secondary N) is 1. The van der Waals surface area contributed by atoms with Gasteiger partial charge in [0.2, 0.25) is 0 Å². The maximum Gasteiger partial charge on any atom is 0.123 e. The molecule has 0 fully saturated rings. The van der Waals surface area contributed by atoms with Gasteiger partial charge in [-0.3, -0.25) is 0 Å². The Morgan fingerprint density at radius 2 is 2.06 bits per heavy atom. The number of nitrogens with zero attached hydrogens (tertiary/aromatic N) is 1. The van der Waals surface area contributed by atoms with Crippen LogP contribution in [0.4, 0.5) is 0 Å². The van der Waals surface area contributed by atoms with Crippen LogP contribution in [0, 0.1) is 13.8 Å². The van der Waals surface area contributed by atoms with Gasteiger partial charge in [-0.05, 0) is 43.0 Å². The lowest BCUT2D eigenvalue weighted by Gasteiger charge is -2.06. The number of aryl methyl sites for hydroxylation is 2. The molecule has 0 radical (unpaired) electrons. The van der Waals surface area contributed by atoms with Crippen LogP contribution in [0.3, 0.4) is 0 Å². The van der Waals surface area contributed by atoms with Gasteiger partial charge in [0.25, 0.3) is 0 Å². The highest BCUT2D eigenvalue weighted by molar-refractivity contribution is 5.60. The highest BCUT2D eigenvalue weighted by atomic mass is 15.0. The van der Waals surface area contributed by atoms with E-state index in [1.165, 1.54) is 16.7 Å². The number of imidazole rings is 1. The summed E-state index contributed by atoms with van der Waals surface area (Å²) in [5.74, 6) is 0.880. The Bertz CT molecular complexity index is 528. The maximum absolute atomic E-state index is 6.06. The van der Waals surface area contributed by atoms with Crippen molar-refractivity contribution in [2.24, 2.45) is 5.73 Å². The second-order valence-corrected chi connectivity index (χ2v) is 4.88. The van der Waals surface area contributed by atoms with Crippen LogP contribution in [0.25, 0.3) is 11.3 Å². The van der Waals surface area contributed by atoms with Crippen LogP contribution in [0.1, 0.15) is 42.8 Å². The van der Waals surface area contributed by atoms with Crippen LogP contribution in [0.15, 0.2) is 24.4 Å². The van der Waals surface area contributed by atoms with E-state index in [-0.39, 0.29) is 6.04 Å². The van der Waals surface area contributed by atoms with E-state index in [9.17, 15) is 0 Å². The quantitative estimate of drug-likeness (QED) is 0.863. The molecule has 1 atom stereocenters. The number of aromatic amines is 1. The molecule has 1 aromatic heterocycles. The molecule has 0 spiro atoms. The van der Waals surface area contributed by atoms with Crippen LogP contribution in [-0.4, -0.2) is 9.97 Å². The summed E-state index contributed by atoms with van der Waals surface area (Å²) >= 11 is 0. The molecule has 0 aliphatic carbocycles. The van der Waals surface area contributed by atoms with Gasteiger partial charge in [-0.1, -0.05) is 25.5 Å². The summed E-state index contributed by atoms with van der Waals surface area (Å²) in [6, 6.07) is 6.44. The molecule has 0 saturated carbocycles. The van der Waals surface area contributed by atoms with Crippen molar-refractivity contribution in [2.75, 3.05) is 0 Å². The zero-order chi connectivity index (χ0) is 13.1. The summed E-state index contributed by atoms with van der Waals surface area (Å²) < 4.78 is 0. The third-order valence-electron chi connectivity index (χ3n) is 3.36. The lowest BCUT2D eigenvalue weighted by atomic mass is 10.0. The average Bonchev–Trinajstić information content (AvgIpc) is 2.82. The predicted molar refractivity (Wildman–Crippen MR) is 75.3 cm³/mol. The first-order valence-corrected chi connectivity index (χ1v) is 6.50. The monoisotopic (exact) mass is 243 g/mol. The second-order valence-electron chi connectivity index (χ2n) is 4.88. The molecule has 2 aromatic rings. The summed E-state index contributed by atoms with van der Waals surface area (Å²) in [4.78, 5) is 7.71. The Morgan fingerprint density at radius 3 is 2.72 bits per heavy atom. The van der Waals surface area contributed by atoms with Gasteiger partial charge < -0.3 is 10.7 Å². The van der Waals surface area contributed by atoms with Crippen molar-refractivity contribution in [3.8, 4) is 11.3 Å². The fourth-order valence-corrected chi connectivity index (χ4v) is 2.03. The lowest BCUT2D eigenvalue weighted by Crippen LogP contribution is -2.11. The Hall–Kier alpha value is -1.61. The molecule has 2 rings (SSSR count). The molecule has 3 nitrogen and oxygen atoms in total. The minimum absolute atomic E-state index is 0.00953. The SMILES string of the molecule is CCCC(N)c1ncc(-c2ccc(C)c(C)c2)[nH]1. The Labute approximate surface area is 108 Å². The number of benzene rings is 1. The first-order valence-electron chi connectivity index (χ1n) is 6.50. The topological polar surface area (TPSA) is 54.7 Å². The van der Waals surface area contributed by atoms with Gasteiger partial charge in [-0.2, -0.15) is 0 Å². The molecule has 0 bridgehead atoms. The number of H-pyrrole nitrogens is 1. The third-order valence-corrected chi connectivity index (χ3v) is 3.36. The number of nitrogens with two attached hydrogens (primary N) is 1. The van der Waals surface area contributed by atoms with Gasteiger partial charge in [-0.25, -0.2) is 4.98 Å². The smallest absolute Gasteiger partial charge is 0.123 e. The normalized spacial score (nSPS) is 12.7. The second kappa shape index (κ2) is 5.36. The maximum atomic E-state index is 6.06. The van der Waals surface area contributed by atoms with Crippen LogP contribution in [0.2, 0.25) is 0 Å². The minimum Gasteiger partial charge on any atom is -0.341 e. The van der Waals surface area contributed by atoms with Crippen LogP contribution < -0.4 is 5.73 Å². The third kappa shape index (κ3) is 2.62. The number of aromatic nitrogens is 2. The zero-order valence-corrected chi connectivity index (χ0v) is 11.3. The summed E-state index contributed by atoms with van der Waals surface area (Å²) in [6.45, 7) is 6.38. The molecule has 1 aromatic carbocycles. The highest BCUT2D eigenvalue weighted by Crippen LogP contribution is 2.22. The molecule has 96 valence electrons. The van der Waals surface area contributed by atoms with E-state index < -0.39 is 0 Å². The summed E-state index contributed by atoms with van der Waals surface area (Å²) in [5, 5.41) is 0. The van der Waals surface area contributed by atoms with Crippen LogP contribution in [-0.2, 0) is 0 Å². The van der Waals surface area contributed by atoms with E-state index in [0.717, 1.165) is 24.4 Å². The van der Waals surface area contributed by atoms with Crippen LogP contribution >= 0.6 is 0 Å². The molecule has 0 aliphatic heterocycles. The van der Waals surface area contributed by atoms with Gasteiger partial charge >= 0.3 is 0 Å². The molecular formula is C15H21N3. The molecule has 3 N–H and O–H groups in total. The van der Waals surface area contributed by atoms with Crippen molar-refractivity contribution in [2.45, 2.75) is 39.7 Å². The Morgan fingerprint density at radius 1 is 1.28 bits per heavy atom. The number of hydrogen-bond donors (Lipinski definition) is 2. The molecule has 1 heterocycles. The van der Waals surface area contributed by atoms with Crippen molar-refractivity contribution in [1.82, 2.24) is 9.97 Å². The van der Waals surface area contributed by atoms with E-state index in [0.29, 0.717) is 0 Å². The first kappa shape index (κ1) is 12.8. The summed E-state index contributed by atoms with van der Waals surface area (Å²) in [5.41, 5.74) is 10.9. The van der Waals surface area contributed by atoms with Crippen molar-refractivity contribution >= 4 is 0 Å². The van der Waals surface area contributed by atoms with E-state index in [1.807, 2.05) is 6.20 Å². The largest absolute Gasteiger partial charge is 0.341 e. The van der Waals surface area contributed by atoms with Gasteiger partial charge in [0, 0.05) is 0 Å². The molecule has 1 unspecified atom stereocenters. The highest BCUT2D eigenvalue weighted by Gasteiger charge is 2.10. The van der Waals surface area contributed by atoms with E-state index in [1.54, 1.807) is 0 Å². The fourth-order valence-electron chi connectivity index (χ4n) is 2.03. The molecule has 0 aliphatic rings. The molecule has 0 saturated heterocycles. The first-order chi connectivity index (χ1) is 8.61. The van der Waals surface area contributed by atoms with Crippen molar-refractivity contribution in [3.63, 3.8) is 0 Å². The number of rotatable bonds is 4. The standard InChI is InChI=1S/C15H21N3/c1-4-5-13(16)15-17-9-14(18-15)12-7-6-10(2)11(3)8-12/h6-9,13H,4-5,16H2,1-3H3,(H,17,18). The molecular weight excluding hydrogens is 222 g/mol. The predicted octanol–water partition coefficient (Wildman–Crippen LogP) is 3.49. The molecule has 18 heavy (non-hydrogen) atoms. The summed E-state index contributed by atoms with van der Waals surface area (Å²) in [7, 11) is 0. The Kier molecular flexibility index (Phi) is 3.82. The summed E-state index contributed by atoms with van der Waals surface area (Å²) in [6.07, 6.45) is 3.90. The van der Waals surface area contributed by atoms with E-state index >= 15 is 0 Å². The fraction of sp³-hybridized carbons (Fsp3) is 0.400. The van der Waals surface area contributed by atoms with Crippen molar-refractivity contribution in [3.05, 3.63) is 41.3 Å². The van der Waals surface area contributed by atoms with Gasteiger partial charge in [0.05, 0.1) is 17.9 Å². The average molecular weight is 243 g/mol. The van der Waals surface area contributed by atoms with Crippen molar-refractivity contribution < 1.29 is 0 Å². The van der Waals surface area contributed by atoms with Gasteiger partial charge in [0.15, 0.2) is 0 Å². The van der Waals surface area contributed by atoms with E-state index in [4.69, 9.17) is 5.73 Å². The lowest BCUT2D eigenvalue weighted by molar-refractivity contribution is 0.609. The van der Waals surface area contributed by atoms with Gasteiger partial charge in [-0.15, -0.1) is 0 Å². The van der Waals surface area contributed by atoms with Crippen molar-refractivity contribution in [1.29, 1.82) is 0 Å².